The molecule has 1 unspecified atom stereocenters. The number of nitrogens with one attached hydrogen (secondary N) is 1. The maximum absolute atomic E-state index is 13.0. The third-order valence-corrected chi connectivity index (χ3v) is 7.60. The fourth-order valence-corrected chi connectivity index (χ4v) is 5.28. The Morgan fingerprint density at radius 1 is 0.944 bits per heavy atom. The van der Waals surface area contributed by atoms with Crippen molar-refractivity contribution in [3.8, 4) is 0 Å². The van der Waals surface area contributed by atoms with Crippen molar-refractivity contribution in [3.63, 3.8) is 0 Å². The lowest BCUT2D eigenvalue weighted by Crippen LogP contribution is -2.29. The van der Waals surface area contributed by atoms with Gasteiger partial charge < -0.3 is 0 Å². The lowest BCUT2D eigenvalue weighted by molar-refractivity contribution is -0.117. The van der Waals surface area contributed by atoms with Gasteiger partial charge in [-0.2, -0.15) is 28.8 Å². The Hall–Kier alpha value is -3.94. The highest BCUT2D eigenvalue weighted by Gasteiger charge is 2.34. The van der Waals surface area contributed by atoms with Crippen molar-refractivity contribution in [2.45, 2.75) is 29.7 Å². The summed E-state index contributed by atoms with van der Waals surface area (Å²) >= 11 is 0. The van der Waals surface area contributed by atoms with Crippen molar-refractivity contribution < 1.29 is 26.2 Å². The van der Waals surface area contributed by atoms with Gasteiger partial charge >= 0.3 is 0 Å². The Balaban J connectivity index is 1.58. The molecular weight excluding hydrogens is 506 g/mol. The zero-order valence-corrected chi connectivity index (χ0v) is 20.7. The zero-order chi connectivity index (χ0) is 26.1. The summed E-state index contributed by atoms with van der Waals surface area (Å²) in [6.07, 6.45) is 0. The van der Waals surface area contributed by atoms with E-state index in [1.165, 1.54) is 29.3 Å². The van der Waals surface area contributed by atoms with Gasteiger partial charge in [0.1, 0.15) is 0 Å². The molecule has 11 nitrogen and oxygen atoms in total. The number of carbonyl (C=O) groups is 1. The van der Waals surface area contributed by atoms with E-state index in [-0.39, 0.29) is 22.2 Å². The van der Waals surface area contributed by atoms with Crippen LogP contribution in [0.15, 0.2) is 97.9 Å². The summed E-state index contributed by atoms with van der Waals surface area (Å²) in [5.74, 6) is -0.386. The van der Waals surface area contributed by atoms with Crippen LogP contribution in [0.25, 0.3) is 0 Å². The average molecular weight is 528 g/mol. The molecule has 0 spiro atoms. The van der Waals surface area contributed by atoms with Gasteiger partial charge in [-0.1, -0.05) is 30.3 Å². The zero-order valence-electron chi connectivity index (χ0n) is 19.1. The molecule has 0 fully saturated rings. The van der Waals surface area contributed by atoms with Gasteiger partial charge in [0.15, 0.2) is 6.04 Å². The van der Waals surface area contributed by atoms with E-state index in [0.29, 0.717) is 17.0 Å². The number of carbonyl (C=O) groups excluding carboxylic acids is 1. The van der Waals surface area contributed by atoms with E-state index in [4.69, 9.17) is 0 Å². The van der Waals surface area contributed by atoms with Crippen molar-refractivity contribution in [2.24, 2.45) is 15.3 Å². The first-order chi connectivity index (χ1) is 17.0. The van der Waals surface area contributed by atoms with E-state index in [1.54, 1.807) is 44.2 Å². The number of rotatable bonds is 7. The molecule has 186 valence electrons. The molecular formula is C23H21N5O6S2. The summed E-state index contributed by atoms with van der Waals surface area (Å²) in [5, 5.41) is 13.7. The van der Waals surface area contributed by atoms with Gasteiger partial charge in [0.05, 0.1) is 32.6 Å². The van der Waals surface area contributed by atoms with Crippen LogP contribution in [0.1, 0.15) is 12.5 Å². The Kier molecular flexibility index (Phi) is 6.71. The highest BCUT2D eigenvalue weighted by molar-refractivity contribution is 7.92. The Labute approximate surface area is 208 Å². The molecule has 0 saturated carbocycles. The molecule has 1 atom stereocenters. The van der Waals surface area contributed by atoms with Gasteiger partial charge in [-0.05, 0) is 61.9 Å². The van der Waals surface area contributed by atoms with E-state index >= 15 is 0 Å². The average Bonchev–Trinajstić information content (AvgIpc) is 3.11. The summed E-state index contributed by atoms with van der Waals surface area (Å²) < 4.78 is 60.3. The van der Waals surface area contributed by atoms with E-state index in [2.05, 4.69) is 20.1 Å². The van der Waals surface area contributed by atoms with E-state index in [0.717, 1.165) is 12.1 Å². The summed E-state index contributed by atoms with van der Waals surface area (Å²) in [5.41, 5.74) is 1.56. The summed E-state index contributed by atoms with van der Waals surface area (Å²) in [4.78, 5) is 12.2. The van der Waals surface area contributed by atoms with Crippen molar-refractivity contribution in [2.75, 3.05) is 9.73 Å². The van der Waals surface area contributed by atoms with Crippen LogP contribution in [0.2, 0.25) is 0 Å². The summed E-state index contributed by atoms with van der Waals surface area (Å²) in [6, 6.07) is 17.1. The smallest absolute Gasteiger partial charge is 0.282 e. The number of hydrazone groups is 1. The second-order valence-corrected chi connectivity index (χ2v) is 11.0. The summed E-state index contributed by atoms with van der Waals surface area (Å²) in [7, 11) is -8.67. The lowest BCUT2D eigenvalue weighted by Gasteiger charge is -2.12. The predicted molar refractivity (Wildman–Crippen MR) is 134 cm³/mol. The third-order valence-electron chi connectivity index (χ3n) is 5.23. The van der Waals surface area contributed by atoms with Crippen LogP contribution in [-0.2, 0) is 24.9 Å². The van der Waals surface area contributed by atoms with Crippen LogP contribution < -0.4 is 9.73 Å². The highest BCUT2D eigenvalue weighted by atomic mass is 32.2. The van der Waals surface area contributed by atoms with Crippen LogP contribution in [0, 0.1) is 6.92 Å². The van der Waals surface area contributed by atoms with E-state index in [9.17, 15) is 26.2 Å². The molecule has 0 bridgehead atoms. The first kappa shape index (κ1) is 25.2. The standard InChI is InChI=1S/C23H21N5O6S2/c1-15-11-12-17(24-25-22-16(2)26-28(23(22)29)19-8-4-3-5-9-19)14-21(15)35(30,31)27-18-7-6-10-20(13-18)36(32,33)34/h3-14,22,27H,1-2H3,(H,32,33,34). The number of hydrogen-bond donors (Lipinski definition) is 2. The second kappa shape index (κ2) is 9.60. The number of aryl methyl sites for hydroxylation is 1. The molecule has 0 saturated heterocycles. The van der Waals surface area contributed by atoms with Gasteiger partial charge in [-0.25, -0.2) is 8.42 Å². The number of benzene rings is 3. The van der Waals surface area contributed by atoms with E-state index in [1.807, 2.05) is 6.07 Å². The van der Waals surface area contributed by atoms with Gasteiger partial charge in [-0.3, -0.25) is 14.1 Å². The van der Waals surface area contributed by atoms with Crippen LogP contribution >= 0.6 is 0 Å². The molecule has 3 aromatic carbocycles. The fourth-order valence-electron chi connectivity index (χ4n) is 3.44. The van der Waals surface area contributed by atoms with Crippen molar-refractivity contribution >= 4 is 48.8 Å². The molecule has 0 radical (unpaired) electrons. The SMILES string of the molecule is CC1=NN(c2ccccc2)C(=O)C1N=Nc1ccc(C)c(S(=O)(=O)Nc2cccc(S(=O)(=O)O)c2)c1. The monoisotopic (exact) mass is 527 g/mol. The third kappa shape index (κ3) is 5.32. The van der Waals surface area contributed by atoms with Crippen molar-refractivity contribution in [1.82, 2.24) is 0 Å². The quantitative estimate of drug-likeness (QED) is 0.350. The molecule has 3 aromatic rings. The molecule has 4 rings (SSSR count). The first-order valence-corrected chi connectivity index (χ1v) is 13.4. The molecule has 1 heterocycles. The van der Waals surface area contributed by atoms with Gasteiger partial charge in [-0.15, -0.1) is 0 Å². The Bertz CT molecular complexity index is 1600. The van der Waals surface area contributed by atoms with Crippen LogP contribution in [0.3, 0.4) is 0 Å². The largest absolute Gasteiger partial charge is 0.294 e. The number of amides is 1. The Morgan fingerprint density at radius 3 is 2.36 bits per heavy atom. The molecule has 0 aliphatic carbocycles. The van der Waals surface area contributed by atoms with Gasteiger partial charge in [0, 0.05) is 0 Å². The molecule has 13 heteroatoms. The molecule has 1 aliphatic rings. The molecule has 1 aliphatic heterocycles. The maximum atomic E-state index is 13.0. The molecule has 36 heavy (non-hydrogen) atoms. The number of sulfonamides is 1. The minimum absolute atomic E-state index is 0.0547. The predicted octanol–water partition coefficient (Wildman–Crippen LogP) is 3.92. The minimum Gasteiger partial charge on any atom is -0.282 e. The molecule has 2 N–H and O–H groups in total. The topological polar surface area (TPSA) is 158 Å². The number of para-hydroxylation sites is 1. The highest BCUT2D eigenvalue weighted by Crippen LogP contribution is 2.27. The van der Waals surface area contributed by atoms with Crippen LogP contribution in [0.5, 0.6) is 0 Å². The lowest BCUT2D eigenvalue weighted by atomic mass is 10.2. The van der Waals surface area contributed by atoms with Gasteiger partial charge in [0.25, 0.3) is 26.0 Å². The molecule has 1 amide bonds. The van der Waals surface area contributed by atoms with Gasteiger partial charge in [0.2, 0.25) is 0 Å². The second-order valence-electron chi connectivity index (χ2n) is 7.90. The summed E-state index contributed by atoms with van der Waals surface area (Å²) in [6.45, 7) is 3.24. The first-order valence-electron chi connectivity index (χ1n) is 10.5. The van der Waals surface area contributed by atoms with Crippen molar-refractivity contribution in [3.05, 3.63) is 78.4 Å². The van der Waals surface area contributed by atoms with E-state index < -0.39 is 31.1 Å². The number of anilines is 2. The number of azo groups is 1. The minimum atomic E-state index is -4.51. The van der Waals surface area contributed by atoms with Crippen LogP contribution in [0.4, 0.5) is 17.1 Å². The molecule has 0 aromatic heterocycles. The fraction of sp³-hybridized carbons (Fsp3) is 0.130. The normalized spacial score (nSPS) is 16.4. The maximum Gasteiger partial charge on any atom is 0.294 e. The number of hydrogen-bond acceptors (Lipinski definition) is 8. The van der Waals surface area contributed by atoms with Crippen molar-refractivity contribution in [1.29, 1.82) is 0 Å². The Morgan fingerprint density at radius 2 is 1.67 bits per heavy atom. The number of nitrogens with zero attached hydrogens (tertiary/aromatic N) is 4. The van der Waals surface area contributed by atoms with Crippen LogP contribution in [-0.4, -0.2) is 39.0 Å².